The van der Waals surface area contributed by atoms with Gasteiger partial charge in [-0.2, -0.15) is 4.31 Å². The van der Waals surface area contributed by atoms with E-state index >= 15 is 0 Å². The van der Waals surface area contributed by atoms with Gasteiger partial charge in [-0.05, 0) is 60.5 Å². The van der Waals surface area contributed by atoms with Crippen LogP contribution < -0.4 is 4.90 Å². The molecule has 5 rings (SSSR count). The molecular weight excluding hydrogens is 524 g/mol. The number of hydrogen-bond donors (Lipinski definition) is 0. The number of carbonyl (C=O) groups excluding carboxylic acids is 1. The molecule has 0 N–H and O–H groups in total. The van der Waals surface area contributed by atoms with Crippen molar-refractivity contribution in [3.05, 3.63) is 70.3 Å². The van der Waals surface area contributed by atoms with Gasteiger partial charge in [-0.15, -0.1) is 11.3 Å². The van der Waals surface area contributed by atoms with Crippen LogP contribution >= 0.6 is 34.3 Å². The number of rotatable bonds is 6. The van der Waals surface area contributed by atoms with E-state index in [1.165, 1.54) is 27.0 Å². The van der Waals surface area contributed by atoms with Crippen molar-refractivity contribution in [1.82, 2.24) is 14.3 Å². The Morgan fingerprint density at radius 2 is 2.11 bits per heavy atom. The summed E-state index contributed by atoms with van der Waals surface area (Å²) in [4.78, 5) is 24.6. The lowest BCUT2D eigenvalue weighted by Gasteiger charge is -2.33. The average molecular weight is 547 g/mol. The molecule has 1 aliphatic heterocycles. The van der Waals surface area contributed by atoms with Gasteiger partial charge in [0.15, 0.2) is 5.13 Å². The van der Waals surface area contributed by atoms with Crippen LogP contribution in [0.15, 0.2) is 58.4 Å². The molecule has 1 atom stereocenters. The average Bonchev–Trinajstić information content (AvgIpc) is 3.56. The Morgan fingerprint density at radius 1 is 1.26 bits per heavy atom. The molecule has 35 heavy (non-hydrogen) atoms. The number of thiophene rings is 1. The Bertz CT molecular complexity index is 1460. The number of aromatic nitrogens is 2. The second kappa shape index (κ2) is 9.94. The number of piperidine rings is 1. The van der Waals surface area contributed by atoms with Gasteiger partial charge in [0.05, 0.1) is 22.7 Å². The highest BCUT2D eigenvalue weighted by molar-refractivity contribution is 7.91. The largest absolute Gasteiger partial charge is 0.283 e. The van der Waals surface area contributed by atoms with E-state index in [4.69, 9.17) is 16.6 Å². The predicted molar refractivity (Wildman–Crippen MR) is 141 cm³/mol. The second-order valence-corrected chi connectivity index (χ2v) is 13.0. The van der Waals surface area contributed by atoms with Crippen LogP contribution in [-0.2, 0) is 21.4 Å². The summed E-state index contributed by atoms with van der Waals surface area (Å²) < 4.78 is 28.9. The summed E-state index contributed by atoms with van der Waals surface area (Å²) >= 11 is 8.93. The van der Waals surface area contributed by atoms with Gasteiger partial charge in [0.25, 0.3) is 10.0 Å². The quantitative estimate of drug-likeness (QED) is 0.325. The number of pyridine rings is 1. The molecule has 1 aliphatic rings. The van der Waals surface area contributed by atoms with Crippen molar-refractivity contribution in [3.8, 4) is 0 Å². The first kappa shape index (κ1) is 24.3. The van der Waals surface area contributed by atoms with Crippen LogP contribution in [0.1, 0.15) is 24.0 Å². The lowest BCUT2D eigenvalue weighted by molar-refractivity contribution is -0.123. The van der Waals surface area contributed by atoms with Gasteiger partial charge in [-0.1, -0.05) is 35.1 Å². The predicted octanol–water partition coefficient (Wildman–Crippen LogP) is 5.35. The Kier molecular flexibility index (Phi) is 6.91. The Hall–Kier alpha value is -2.37. The number of hydrogen-bond acceptors (Lipinski definition) is 7. The zero-order valence-electron chi connectivity index (χ0n) is 18.9. The van der Waals surface area contributed by atoms with Gasteiger partial charge >= 0.3 is 0 Å². The molecule has 1 aromatic carbocycles. The zero-order valence-corrected chi connectivity index (χ0v) is 22.1. The fourth-order valence-electron chi connectivity index (χ4n) is 4.24. The van der Waals surface area contributed by atoms with Crippen molar-refractivity contribution in [2.45, 2.75) is 30.5 Å². The maximum atomic E-state index is 13.9. The number of amides is 1. The van der Waals surface area contributed by atoms with E-state index in [0.29, 0.717) is 40.3 Å². The molecule has 1 amide bonds. The first-order valence-electron chi connectivity index (χ1n) is 11.1. The molecular formula is C24H23ClN4O3S3. The second-order valence-electron chi connectivity index (χ2n) is 8.44. The number of anilines is 1. The molecule has 0 radical (unpaired) electrons. The molecule has 1 saturated heterocycles. The van der Waals surface area contributed by atoms with Crippen LogP contribution in [0.25, 0.3) is 10.2 Å². The molecule has 4 aromatic rings. The molecule has 0 saturated carbocycles. The van der Waals surface area contributed by atoms with Crippen molar-refractivity contribution in [2.24, 2.45) is 5.92 Å². The highest BCUT2D eigenvalue weighted by atomic mass is 35.5. The van der Waals surface area contributed by atoms with Crippen molar-refractivity contribution in [1.29, 1.82) is 0 Å². The summed E-state index contributed by atoms with van der Waals surface area (Å²) in [5.74, 6) is -0.602. The fraction of sp³-hybridized carbons (Fsp3) is 0.292. The molecule has 182 valence electrons. The van der Waals surface area contributed by atoms with Gasteiger partial charge in [0, 0.05) is 30.5 Å². The Morgan fingerprint density at radius 3 is 2.86 bits per heavy atom. The number of aryl methyl sites for hydroxylation is 1. The van der Waals surface area contributed by atoms with Crippen LogP contribution in [0.3, 0.4) is 0 Å². The molecule has 0 bridgehead atoms. The minimum Gasteiger partial charge on any atom is -0.283 e. The van der Waals surface area contributed by atoms with E-state index < -0.39 is 15.9 Å². The molecule has 3 aromatic heterocycles. The normalized spacial score (nSPS) is 17.0. The van der Waals surface area contributed by atoms with E-state index in [9.17, 15) is 13.2 Å². The number of sulfonamides is 1. The Balaban J connectivity index is 1.48. The number of carbonyl (C=O) groups is 1. The molecule has 1 unspecified atom stereocenters. The first-order chi connectivity index (χ1) is 16.8. The number of thiazole rings is 1. The lowest BCUT2D eigenvalue weighted by atomic mass is 9.98. The highest BCUT2D eigenvalue weighted by Crippen LogP contribution is 2.36. The van der Waals surface area contributed by atoms with Crippen LogP contribution in [0.2, 0.25) is 5.02 Å². The van der Waals surface area contributed by atoms with E-state index in [-0.39, 0.29) is 12.5 Å². The van der Waals surface area contributed by atoms with E-state index in [1.807, 2.05) is 31.2 Å². The summed E-state index contributed by atoms with van der Waals surface area (Å²) in [6, 6.07) is 10.8. The summed E-state index contributed by atoms with van der Waals surface area (Å²) in [6.45, 7) is 2.77. The minimum absolute atomic E-state index is 0.136. The number of benzene rings is 1. The fourth-order valence-corrected chi connectivity index (χ4v) is 8.09. The Labute approximate surface area is 217 Å². The minimum atomic E-state index is -3.62. The van der Waals surface area contributed by atoms with Gasteiger partial charge in [-0.25, -0.2) is 13.4 Å². The molecule has 0 spiro atoms. The van der Waals surface area contributed by atoms with Crippen LogP contribution in [0.5, 0.6) is 0 Å². The molecule has 7 nitrogen and oxygen atoms in total. The molecule has 1 fully saturated rings. The standard InChI is InChI=1S/C24H23ClN4O3S3/c1-16-19(25)8-9-20-22(16)27-24(34-20)29(14-17-5-2-10-26-13-17)23(30)18-6-3-11-28(15-18)35(31,32)21-7-4-12-33-21/h2,4-5,7-10,12-13,18H,3,6,11,14-15H2,1H3. The van der Waals surface area contributed by atoms with Crippen molar-refractivity contribution in [2.75, 3.05) is 18.0 Å². The summed E-state index contributed by atoms with van der Waals surface area (Å²) in [6.07, 6.45) is 4.65. The maximum absolute atomic E-state index is 13.9. The van der Waals surface area contributed by atoms with Crippen molar-refractivity contribution < 1.29 is 13.2 Å². The maximum Gasteiger partial charge on any atom is 0.252 e. The first-order valence-corrected chi connectivity index (χ1v) is 14.7. The number of halogens is 1. The van der Waals surface area contributed by atoms with Crippen molar-refractivity contribution >= 4 is 65.6 Å². The lowest BCUT2D eigenvalue weighted by Crippen LogP contribution is -2.46. The van der Waals surface area contributed by atoms with Crippen LogP contribution in [-0.4, -0.2) is 41.7 Å². The van der Waals surface area contributed by atoms with Gasteiger partial charge in [0.2, 0.25) is 5.91 Å². The smallest absolute Gasteiger partial charge is 0.252 e. The van der Waals surface area contributed by atoms with Crippen LogP contribution in [0, 0.1) is 12.8 Å². The topological polar surface area (TPSA) is 83.5 Å². The number of nitrogens with zero attached hydrogens (tertiary/aromatic N) is 4. The summed E-state index contributed by atoms with van der Waals surface area (Å²) in [5, 5.41) is 2.94. The third-order valence-corrected chi connectivity index (χ3v) is 10.8. The highest BCUT2D eigenvalue weighted by Gasteiger charge is 2.36. The van der Waals surface area contributed by atoms with Crippen LogP contribution in [0.4, 0.5) is 5.13 Å². The van der Waals surface area contributed by atoms with E-state index in [0.717, 1.165) is 21.3 Å². The summed E-state index contributed by atoms with van der Waals surface area (Å²) in [5.41, 5.74) is 2.51. The van der Waals surface area contributed by atoms with E-state index in [1.54, 1.807) is 34.8 Å². The van der Waals surface area contributed by atoms with Gasteiger partial charge in [0.1, 0.15) is 4.21 Å². The van der Waals surface area contributed by atoms with Gasteiger partial charge < -0.3 is 0 Å². The summed E-state index contributed by atoms with van der Waals surface area (Å²) in [7, 11) is -3.62. The third-order valence-electron chi connectivity index (χ3n) is 6.12. The van der Waals surface area contributed by atoms with Crippen molar-refractivity contribution in [3.63, 3.8) is 0 Å². The molecule has 4 heterocycles. The monoisotopic (exact) mass is 546 g/mol. The molecule has 0 aliphatic carbocycles. The van der Waals surface area contributed by atoms with E-state index in [2.05, 4.69) is 4.98 Å². The van der Waals surface area contributed by atoms with Gasteiger partial charge in [-0.3, -0.25) is 14.7 Å². The third kappa shape index (κ3) is 4.85. The SMILES string of the molecule is Cc1c(Cl)ccc2sc(N(Cc3cccnc3)C(=O)C3CCCN(S(=O)(=O)c4cccs4)C3)nc12. The molecule has 11 heteroatoms. The number of fused-ring (bicyclic) bond motifs is 1. The zero-order chi connectivity index (χ0) is 24.6.